The minimum atomic E-state index is -1.66. The zero-order valence-electron chi connectivity index (χ0n) is 12.5. The number of benzene rings is 1. The lowest BCUT2D eigenvalue weighted by molar-refractivity contribution is 0.516. The number of aromatic nitrogens is 1. The van der Waals surface area contributed by atoms with Crippen LogP contribution in [0, 0.1) is 0 Å². The minimum absolute atomic E-state index is 0.264. The van der Waals surface area contributed by atoms with Crippen LogP contribution in [-0.2, 0) is 11.0 Å². The van der Waals surface area contributed by atoms with Gasteiger partial charge in [-0.25, -0.2) is 0 Å². The van der Waals surface area contributed by atoms with Gasteiger partial charge in [-0.3, -0.25) is 4.98 Å². The molecule has 0 bridgehead atoms. The van der Waals surface area contributed by atoms with Crippen LogP contribution in [0.25, 0.3) is 27.1 Å². The molecule has 0 aliphatic carbocycles. The topological polar surface area (TPSA) is 70.9 Å². The first kappa shape index (κ1) is 15.1. The Balaban J connectivity index is 2.30. The molecule has 5 nitrogen and oxygen atoms in total. The normalized spacial score (nSPS) is 11.0. The summed E-state index contributed by atoms with van der Waals surface area (Å²) >= 11 is 0. The average molecular weight is 298 g/mol. The molecule has 1 aromatic carbocycles. The first-order valence-electron chi connectivity index (χ1n) is 6.68. The molecule has 1 heterocycles. The number of rotatable bonds is 5. The Kier molecular flexibility index (Phi) is 4.31. The molecule has 0 fully saturated rings. The van der Waals surface area contributed by atoms with E-state index in [0.717, 1.165) is 22.2 Å². The summed E-state index contributed by atoms with van der Waals surface area (Å²) in [5.74, 6) is 0.703. The molecule has 2 rings (SSSR count). The van der Waals surface area contributed by atoms with Gasteiger partial charge in [0.1, 0.15) is 5.76 Å². The van der Waals surface area contributed by atoms with E-state index < -0.39 is 8.32 Å². The van der Waals surface area contributed by atoms with Crippen molar-refractivity contribution in [1.82, 2.24) is 4.98 Å². The summed E-state index contributed by atoms with van der Waals surface area (Å²) in [6, 6.07) is 9.74. The van der Waals surface area contributed by atoms with Crippen molar-refractivity contribution in [2.75, 3.05) is 0 Å². The van der Waals surface area contributed by atoms with Crippen LogP contribution in [0.3, 0.4) is 0 Å². The number of hydrogen-bond donors (Lipinski definition) is 0. The lowest BCUT2D eigenvalue weighted by Gasteiger charge is -2.21. The highest BCUT2D eigenvalue weighted by molar-refractivity contribution is 6.70. The fourth-order valence-corrected chi connectivity index (χ4v) is 2.82. The summed E-state index contributed by atoms with van der Waals surface area (Å²) in [5.41, 5.74) is 10.9. The number of hydrogen-bond acceptors (Lipinski definition) is 3. The molecule has 0 unspecified atom stereocenters. The van der Waals surface area contributed by atoms with Gasteiger partial charge in [-0.2, -0.15) is 0 Å². The van der Waals surface area contributed by atoms with Gasteiger partial charge in [0.15, 0.2) is 0 Å². The predicted octanol–water partition coefficient (Wildman–Crippen LogP) is 4.87. The molecular weight excluding hydrogens is 280 g/mol. The van der Waals surface area contributed by atoms with Crippen LogP contribution in [0.5, 0.6) is 0 Å². The van der Waals surface area contributed by atoms with Gasteiger partial charge < -0.3 is 4.43 Å². The maximum Gasteiger partial charge on any atom is 0.242 e. The molecule has 1 aromatic heterocycles. The van der Waals surface area contributed by atoms with Gasteiger partial charge >= 0.3 is 0 Å². The van der Waals surface area contributed by atoms with Crippen molar-refractivity contribution >= 4 is 25.0 Å². The molecule has 21 heavy (non-hydrogen) atoms. The second-order valence-electron chi connectivity index (χ2n) is 5.74. The summed E-state index contributed by atoms with van der Waals surface area (Å²) in [4.78, 5) is 7.20. The van der Waals surface area contributed by atoms with Crippen LogP contribution >= 0.6 is 0 Å². The van der Waals surface area contributed by atoms with Crippen molar-refractivity contribution in [3.63, 3.8) is 0 Å². The Labute approximate surface area is 125 Å². The van der Waals surface area contributed by atoms with Crippen molar-refractivity contribution in [3.05, 3.63) is 58.6 Å². The monoisotopic (exact) mass is 298 g/mol. The molecule has 0 amide bonds. The van der Waals surface area contributed by atoms with Crippen molar-refractivity contribution in [1.29, 1.82) is 0 Å². The number of nitrogens with zero attached hydrogens (tertiary/aromatic N) is 4. The highest BCUT2D eigenvalue weighted by Gasteiger charge is 2.17. The van der Waals surface area contributed by atoms with Crippen molar-refractivity contribution in [2.24, 2.45) is 5.11 Å². The standard InChI is InChI=1S/C15H18N4OSi/c1-11(20-21(2,3)4)12-6-8-15-13(9-12)5-7-14(18-15)10-17-19-16/h5-9H,1,10H2,2-4H3. The largest absolute Gasteiger partial charge is 0.544 e. The van der Waals surface area contributed by atoms with E-state index in [1.165, 1.54) is 0 Å². The highest BCUT2D eigenvalue weighted by atomic mass is 28.4. The lowest BCUT2D eigenvalue weighted by Crippen LogP contribution is -2.24. The molecule has 2 aromatic rings. The average Bonchev–Trinajstić information content (AvgIpc) is 2.42. The van der Waals surface area contributed by atoms with E-state index in [2.05, 4.69) is 41.2 Å². The molecule has 0 radical (unpaired) electrons. The van der Waals surface area contributed by atoms with E-state index in [-0.39, 0.29) is 6.54 Å². The van der Waals surface area contributed by atoms with Crippen LogP contribution in [0.4, 0.5) is 0 Å². The molecule has 0 aliphatic rings. The smallest absolute Gasteiger partial charge is 0.242 e. The van der Waals surface area contributed by atoms with Crippen molar-refractivity contribution in [3.8, 4) is 0 Å². The van der Waals surface area contributed by atoms with Crippen molar-refractivity contribution in [2.45, 2.75) is 26.2 Å². The van der Waals surface area contributed by atoms with E-state index in [9.17, 15) is 0 Å². The highest BCUT2D eigenvalue weighted by Crippen LogP contribution is 2.23. The van der Waals surface area contributed by atoms with Gasteiger partial charge in [-0.05, 0) is 49.4 Å². The van der Waals surface area contributed by atoms with Gasteiger partial charge in [0, 0.05) is 21.6 Å². The van der Waals surface area contributed by atoms with Crippen LogP contribution in [0.2, 0.25) is 19.6 Å². The zero-order chi connectivity index (χ0) is 15.5. The van der Waals surface area contributed by atoms with Gasteiger partial charge in [-0.1, -0.05) is 17.8 Å². The van der Waals surface area contributed by atoms with E-state index in [0.29, 0.717) is 5.76 Å². The predicted molar refractivity (Wildman–Crippen MR) is 88.1 cm³/mol. The third-order valence-corrected chi connectivity index (χ3v) is 3.65. The summed E-state index contributed by atoms with van der Waals surface area (Å²) in [5, 5.41) is 4.54. The third kappa shape index (κ3) is 4.08. The molecule has 0 aliphatic heterocycles. The Hall–Kier alpha value is -2.30. The van der Waals surface area contributed by atoms with E-state index in [4.69, 9.17) is 9.96 Å². The SMILES string of the molecule is C=C(O[Si](C)(C)C)c1ccc2nc(CN=[N+]=[N-])ccc2c1. The van der Waals surface area contributed by atoms with E-state index in [1.807, 2.05) is 30.3 Å². The van der Waals surface area contributed by atoms with Gasteiger partial charge in [-0.15, -0.1) is 0 Å². The fourth-order valence-electron chi connectivity index (χ4n) is 1.96. The van der Waals surface area contributed by atoms with E-state index >= 15 is 0 Å². The van der Waals surface area contributed by atoms with Gasteiger partial charge in [0.05, 0.1) is 12.1 Å². The first-order chi connectivity index (χ1) is 9.89. The fraction of sp³-hybridized carbons (Fsp3) is 0.267. The van der Waals surface area contributed by atoms with Gasteiger partial charge in [0.2, 0.25) is 8.32 Å². The number of pyridine rings is 1. The van der Waals surface area contributed by atoms with Gasteiger partial charge in [0.25, 0.3) is 0 Å². The summed E-state index contributed by atoms with van der Waals surface area (Å²) in [6.45, 7) is 10.7. The summed E-state index contributed by atoms with van der Waals surface area (Å²) in [7, 11) is -1.66. The molecule has 0 saturated heterocycles. The number of fused-ring (bicyclic) bond motifs is 1. The Morgan fingerprint density at radius 1 is 1.33 bits per heavy atom. The second kappa shape index (κ2) is 5.99. The molecular formula is C15H18N4OSi. The Morgan fingerprint density at radius 3 is 2.76 bits per heavy atom. The van der Waals surface area contributed by atoms with Crippen LogP contribution in [0.15, 0.2) is 42.0 Å². The quantitative estimate of drug-likeness (QED) is 0.260. The molecule has 0 saturated carbocycles. The molecule has 0 spiro atoms. The van der Waals surface area contributed by atoms with Crippen LogP contribution in [0.1, 0.15) is 11.3 Å². The van der Waals surface area contributed by atoms with E-state index in [1.54, 1.807) is 0 Å². The lowest BCUT2D eigenvalue weighted by atomic mass is 10.1. The summed E-state index contributed by atoms with van der Waals surface area (Å²) < 4.78 is 5.92. The third-order valence-electron chi connectivity index (χ3n) is 2.79. The molecule has 0 N–H and O–H groups in total. The Morgan fingerprint density at radius 2 is 2.10 bits per heavy atom. The van der Waals surface area contributed by atoms with Crippen LogP contribution < -0.4 is 0 Å². The summed E-state index contributed by atoms with van der Waals surface area (Å²) in [6.07, 6.45) is 0. The molecule has 0 atom stereocenters. The second-order valence-corrected chi connectivity index (χ2v) is 10.2. The Bertz CT molecular complexity index is 730. The maximum atomic E-state index is 8.34. The number of azide groups is 1. The zero-order valence-corrected chi connectivity index (χ0v) is 13.5. The van der Waals surface area contributed by atoms with Crippen LogP contribution in [-0.4, -0.2) is 13.3 Å². The minimum Gasteiger partial charge on any atom is -0.544 e. The van der Waals surface area contributed by atoms with Crippen molar-refractivity contribution < 1.29 is 4.43 Å². The molecule has 6 heteroatoms. The maximum absolute atomic E-state index is 8.34. The molecule has 108 valence electrons. The first-order valence-corrected chi connectivity index (χ1v) is 10.1.